The van der Waals surface area contributed by atoms with Crippen molar-refractivity contribution >= 4 is 26.7 Å². The number of H-pyrrole nitrogens is 1. The van der Waals surface area contributed by atoms with Gasteiger partial charge in [0.1, 0.15) is 12.4 Å². The van der Waals surface area contributed by atoms with Crippen LogP contribution in [0.15, 0.2) is 83.9 Å². The summed E-state index contributed by atoms with van der Waals surface area (Å²) in [4.78, 5) is 14.4. The largest absolute Gasteiger partial charge is 0.492 e. The van der Waals surface area contributed by atoms with Gasteiger partial charge in [-0.15, -0.1) is 0 Å². The molecule has 0 radical (unpaired) electrons. The minimum Gasteiger partial charge on any atom is -0.492 e. The van der Waals surface area contributed by atoms with Gasteiger partial charge in [-0.3, -0.25) is 4.79 Å². The van der Waals surface area contributed by atoms with Crippen LogP contribution >= 0.6 is 0 Å². The van der Waals surface area contributed by atoms with Gasteiger partial charge in [0.05, 0.1) is 10.6 Å². The van der Waals surface area contributed by atoms with Crippen molar-refractivity contribution in [2.75, 3.05) is 12.4 Å². The number of hydrogen-bond acceptors (Lipinski definition) is 4. The molecule has 0 saturated heterocycles. The summed E-state index contributed by atoms with van der Waals surface area (Å²) in [5.41, 5.74) is 3.59. The van der Waals surface area contributed by atoms with Crippen LogP contribution in [0, 0.1) is 0 Å². The number of fused-ring (bicyclic) bond motifs is 1. The van der Waals surface area contributed by atoms with E-state index in [0.29, 0.717) is 12.2 Å². The molecule has 164 valence electrons. The molecule has 0 unspecified atom stereocenters. The van der Waals surface area contributed by atoms with Gasteiger partial charge in [0.2, 0.25) is 0 Å². The smallest absolute Gasteiger partial charge is 0.303 e. The first-order chi connectivity index (χ1) is 15.4. The highest BCUT2D eigenvalue weighted by Gasteiger charge is 2.15. The van der Waals surface area contributed by atoms with Crippen molar-refractivity contribution in [2.45, 2.75) is 17.7 Å². The van der Waals surface area contributed by atoms with Gasteiger partial charge in [-0.25, -0.2) is 8.42 Å². The van der Waals surface area contributed by atoms with Gasteiger partial charge in [0, 0.05) is 23.7 Å². The zero-order valence-electron chi connectivity index (χ0n) is 17.3. The second-order valence-corrected chi connectivity index (χ2v) is 9.59. The Hall–Kier alpha value is -3.58. The summed E-state index contributed by atoms with van der Waals surface area (Å²) in [6.45, 7) is 0.00506. The van der Waals surface area contributed by atoms with Crippen molar-refractivity contribution in [1.29, 1.82) is 0 Å². The van der Waals surface area contributed by atoms with Crippen molar-refractivity contribution in [1.82, 2.24) is 4.98 Å². The fourth-order valence-corrected chi connectivity index (χ4v) is 4.67. The molecule has 0 saturated carbocycles. The highest BCUT2D eigenvalue weighted by Crippen LogP contribution is 2.33. The predicted octanol–water partition coefficient (Wildman–Crippen LogP) is 4.70. The summed E-state index contributed by atoms with van der Waals surface area (Å²) >= 11 is 0. The lowest BCUT2D eigenvalue weighted by molar-refractivity contribution is -0.136. The van der Waals surface area contributed by atoms with Crippen LogP contribution in [0.25, 0.3) is 22.0 Å². The molecule has 0 atom stereocenters. The van der Waals surface area contributed by atoms with E-state index in [1.807, 2.05) is 42.6 Å². The fourth-order valence-electron chi connectivity index (χ4n) is 3.56. The van der Waals surface area contributed by atoms with Crippen LogP contribution in [-0.4, -0.2) is 36.8 Å². The topological polar surface area (TPSA) is 96.5 Å². The van der Waals surface area contributed by atoms with Gasteiger partial charge in [0.25, 0.3) is 0 Å². The first-order valence-corrected chi connectivity index (χ1v) is 11.9. The number of benzene rings is 3. The molecule has 3 aromatic carbocycles. The molecule has 0 fully saturated rings. The summed E-state index contributed by atoms with van der Waals surface area (Å²) in [6, 6.07) is 21.8. The van der Waals surface area contributed by atoms with E-state index in [0.717, 1.165) is 27.6 Å². The number of nitrogens with one attached hydrogen (secondary N) is 1. The number of sulfone groups is 1. The van der Waals surface area contributed by atoms with Gasteiger partial charge >= 0.3 is 5.97 Å². The molecule has 4 aromatic rings. The quantitative estimate of drug-likeness (QED) is 0.386. The first-order valence-electron chi connectivity index (χ1n) is 10.3. The Bertz CT molecular complexity index is 1340. The molecule has 1 aromatic heterocycles. The number of ether oxygens (including phenoxy) is 1. The second kappa shape index (κ2) is 9.28. The third-order valence-corrected chi connectivity index (χ3v) is 6.94. The van der Waals surface area contributed by atoms with E-state index in [9.17, 15) is 13.2 Å². The van der Waals surface area contributed by atoms with Crippen molar-refractivity contribution in [3.05, 3.63) is 84.6 Å². The van der Waals surface area contributed by atoms with Crippen LogP contribution in [0.5, 0.6) is 5.75 Å². The van der Waals surface area contributed by atoms with E-state index in [4.69, 9.17) is 9.84 Å². The molecule has 2 N–H and O–H groups in total. The van der Waals surface area contributed by atoms with E-state index >= 15 is 0 Å². The normalized spacial score (nSPS) is 11.5. The summed E-state index contributed by atoms with van der Waals surface area (Å²) < 4.78 is 31.0. The van der Waals surface area contributed by atoms with Crippen molar-refractivity contribution in [3.63, 3.8) is 0 Å². The summed E-state index contributed by atoms with van der Waals surface area (Å²) in [6.07, 6.45) is 2.30. The molecule has 0 aliphatic heterocycles. The van der Waals surface area contributed by atoms with Crippen LogP contribution in [0.4, 0.5) is 0 Å². The lowest BCUT2D eigenvalue weighted by Gasteiger charge is -2.14. The van der Waals surface area contributed by atoms with E-state index in [1.165, 1.54) is 0 Å². The molecule has 7 heteroatoms. The van der Waals surface area contributed by atoms with E-state index in [-0.39, 0.29) is 23.7 Å². The maximum atomic E-state index is 12.6. The Balaban J connectivity index is 1.59. The number of carboxylic acids is 1. The molecule has 4 rings (SSSR count). The molecule has 0 aliphatic rings. The summed E-state index contributed by atoms with van der Waals surface area (Å²) in [5.74, 6) is -0.442. The standard InChI is InChI=1S/C25H23NO5S/c27-25(28)11-7-18-6-10-24(31-14-15-32(29,30)21-4-2-1-3-5-21)22(16-18)19-8-9-23-20(17-19)12-13-26-23/h1-6,8-10,12-13,16-17,26H,7,11,14-15H2,(H,27,28). The summed E-state index contributed by atoms with van der Waals surface area (Å²) in [7, 11) is -3.45. The Labute approximate surface area is 186 Å². The number of carbonyl (C=O) groups is 1. The number of aryl methyl sites for hydroxylation is 1. The molecule has 0 amide bonds. The van der Waals surface area contributed by atoms with Crippen LogP contribution in [0.3, 0.4) is 0 Å². The van der Waals surface area contributed by atoms with Crippen molar-refractivity contribution in [2.24, 2.45) is 0 Å². The Kier molecular flexibility index (Phi) is 6.28. The zero-order chi connectivity index (χ0) is 22.6. The molecule has 0 spiro atoms. The van der Waals surface area contributed by atoms with E-state index in [1.54, 1.807) is 36.4 Å². The number of carboxylic acid groups (broad SMARTS) is 1. The average Bonchev–Trinajstić information content (AvgIpc) is 3.26. The molecule has 32 heavy (non-hydrogen) atoms. The van der Waals surface area contributed by atoms with Gasteiger partial charge in [-0.2, -0.15) is 0 Å². The highest BCUT2D eigenvalue weighted by atomic mass is 32.2. The van der Waals surface area contributed by atoms with E-state index in [2.05, 4.69) is 4.98 Å². The Morgan fingerprint density at radius 2 is 1.78 bits per heavy atom. The van der Waals surface area contributed by atoms with Crippen LogP contribution < -0.4 is 4.74 Å². The first kappa shape index (κ1) is 21.6. The maximum absolute atomic E-state index is 12.6. The van der Waals surface area contributed by atoms with Crippen LogP contribution in [-0.2, 0) is 21.1 Å². The number of aliphatic carboxylic acids is 1. The van der Waals surface area contributed by atoms with Gasteiger partial charge < -0.3 is 14.8 Å². The molecular formula is C25H23NO5S. The second-order valence-electron chi connectivity index (χ2n) is 7.48. The predicted molar refractivity (Wildman–Crippen MR) is 124 cm³/mol. The average molecular weight is 450 g/mol. The molecule has 6 nitrogen and oxygen atoms in total. The Morgan fingerprint density at radius 3 is 2.56 bits per heavy atom. The van der Waals surface area contributed by atoms with Crippen LogP contribution in [0.1, 0.15) is 12.0 Å². The molecule has 0 bridgehead atoms. The van der Waals surface area contributed by atoms with Crippen molar-refractivity contribution in [3.8, 4) is 16.9 Å². The van der Waals surface area contributed by atoms with Crippen molar-refractivity contribution < 1.29 is 23.1 Å². The maximum Gasteiger partial charge on any atom is 0.303 e. The third kappa shape index (κ3) is 5.00. The zero-order valence-corrected chi connectivity index (χ0v) is 18.1. The van der Waals surface area contributed by atoms with Gasteiger partial charge in [-0.05, 0) is 65.4 Å². The number of rotatable bonds is 9. The lowest BCUT2D eigenvalue weighted by atomic mass is 9.99. The van der Waals surface area contributed by atoms with Gasteiger partial charge in [0.15, 0.2) is 9.84 Å². The van der Waals surface area contributed by atoms with Gasteiger partial charge in [-0.1, -0.05) is 30.3 Å². The fraction of sp³-hybridized carbons (Fsp3) is 0.160. The SMILES string of the molecule is O=C(O)CCc1ccc(OCCS(=O)(=O)c2ccccc2)c(-c2ccc3[nH]ccc3c2)c1. The lowest BCUT2D eigenvalue weighted by Crippen LogP contribution is -2.14. The van der Waals surface area contributed by atoms with Crippen LogP contribution in [0.2, 0.25) is 0 Å². The monoisotopic (exact) mass is 449 g/mol. The third-order valence-electron chi connectivity index (χ3n) is 5.25. The van der Waals surface area contributed by atoms with E-state index < -0.39 is 15.8 Å². The highest BCUT2D eigenvalue weighted by molar-refractivity contribution is 7.91. The number of aromatic nitrogens is 1. The summed E-state index contributed by atoms with van der Waals surface area (Å²) in [5, 5.41) is 10.0. The molecule has 0 aliphatic carbocycles. The molecule has 1 heterocycles. The number of hydrogen-bond donors (Lipinski definition) is 2. The molecular weight excluding hydrogens is 426 g/mol. The Morgan fingerprint density at radius 1 is 0.969 bits per heavy atom. The number of aromatic amines is 1. The minimum atomic E-state index is -3.45. The minimum absolute atomic E-state index is 0.00506.